The molecule has 1 rings (SSSR count). The van der Waals surface area contributed by atoms with Gasteiger partial charge in [0.2, 0.25) is 0 Å². The summed E-state index contributed by atoms with van der Waals surface area (Å²) in [6, 6.07) is 2.03. The van der Waals surface area contributed by atoms with E-state index in [0.717, 1.165) is 12.1 Å². The maximum atomic E-state index is 12.9. The molecule has 0 bridgehead atoms. The number of rotatable bonds is 4. The smallest absolute Gasteiger partial charge is 0.329 e. The van der Waals surface area contributed by atoms with E-state index in [0.29, 0.717) is 0 Å². The summed E-state index contributed by atoms with van der Waals surface area (Å²) in [5.41, 5.74) is -1.40. The van der Waals surface area contributed by atoms with E-state index in [-0.39, 0.29) is 12.1 Å². The van der Waals surface area contributed by atoms with Crippen LogP contribution in [0.15, 0.2) is 18.2 Å². The third-order valence-electron chi connectivity index (χ3n) is 2.75. The number of carboxylic acids is 1. The van der Waals surface area contributed by atoms with Crippen LogP contribution in [0.2, 0.25) is 0 Å². The monoisotopic (exact) mass is 272 g/mol. The molecular formula is C12H14F2N2O3. The first-order valence-corrected chi connectivity index (χ1v) is 5.56. The summed E-state index contributed by atoms with van der Waals surface area (Å²) in [6.45, 7) is 2.95. The number of halogens is 2. The van der Waals surface area contributed by atoms with Gasteiger partial charge in [-0.15, -0.1) is 0 Å². The van der Waals surface area contributed by atoms with Gasteiger partial charge in [0.15, 0.2) is 11.6 Å². The molecule has 1 unspecified atom stereocenters. The zero-order valence-electron chi connectivity index (χ0n) is 10.5. The molecule has 0 saturated carbocycles. The van der Waals surface area contributed by atoms with Crippen LogP contribution in [0.1, 0.15) is 20.3 Å². The molecule has 0 aliphatic carbocycles. The van der Waals surface area contributed by atoms with Crippen molar-refractivity contribution < 1.29 is 23.5 Å². The van der Waals surface area contributed by atoms with Gasteiger partial charge in [0.25, 0.3) is 0 Å². The number of hydrogen-bond acceptors (Lipinski definition) is 2. The van der Waals surface area contributed by atoms with Crippen LogP contribution in [0.3, 0.4) is 0 Å². The number of nitrogens with one attached hydrogen (secondary N) is 2. The SMILES string of the molecule is CCC(C)(NC(=O)Nc1ccc(F)c(F)c1)C(=O)O. The van der Waals surface area contributed by atoms with Crippen LogP contribution in [0.4, 0.5) is 19.3 Å². The Morgan fingerprint density at radius 2 is 1.95 bits per heavy atom. The van der Waals surface area contributed by atoms with Gasteiger partial charge in [-0.05, 0) is 25.5 Å². The number of aliphatic carboxylic acids is 1. The highest BCUT2D eigenvalue weighted by Crippen LogP contribution is 2.14. The lowest BCUT2D eigenvalue weighted by Gasteiger charge is -2.24. The topological polar surface area (TPSA) is 78.4 Å². The van der Waals surface area contributed by atoms with Gasteiger partial charge in [-0.25, -0.2) is 18.4 Å². The van der Waals surface area contributed by atoms with E-state index in [1.165, 1.54) is 13.0 Å². The molecule has 19 heavy (non-hydrogen) atoms. The standard InChI is InChI=1S/C12H14F2N2O3/c1-3-12(2,10(17)18)16-11(19)15-7-4-5-8(13)9(14)6-7/h4-6H,3H2,1-2H3,(H,17,18)(H2,15,16,19). The molecule has 0 aliphatic heterocycles. The highest BCUT2D eigenvalue weighted by molar-refractivity contribution is 5.93. The molecule has 1 atom stereocenters. The molecular weight excluding hydrogens is 258 g/mol. The van der Waals surface area contributed by atoms with Gasteiger partial charge in [-0.3, -0.25) is 0 Å². The molecule has 0 fully saturated rings. The first-order valence-electron chi connectivity index (χ1n) is 5.56. The van der Waals surface area contributed by atoms with E-state index in [4.69, 9.17) is 5.11 Å². The predicted molar refractivity (Wildman–Crippen MR) is 64.8 cm³/mol. The van der Waals surface area contributed by atoms with Gasteiger partial charge in [-0.2, -0.15) is 0 Å². The summed E-state index contributed by atoms with van der Waals surface area (Å²) in [7, 11) is 0. The molecule has 2 amide bonds. The number of amides is 2. The van der Waals surface area contributed by atoms with Crippen LogP contribution in [-0.2, 0) is 4.79 Å². The Kier molecular flexibility index (Phi) is 4.42. The van der Waals surface area contributed by atoms with Crippen molar-refractivity contribution in [2.24, 2.45) is 0 Å². The molecule has 0 spiro atoms. The second-order valence-electron chi connectivity index (χ2n) is 4.20. The fourth-order valence-electron chi connectivity index (χ4n) is 1.28. The lowest BCUT2D eigenvalue weighted by Crippen LogP contribution is -2.53. The van der Waals surface area contributed by atoms with Gasteiger partial charge in [0.1, 0.15) is 5.54 Å². The third kappa shape index (κ3) is 3.64. The quantitative estimate of drug-likeness (QED) is 0.787. The van der Waals surface area contributed by atoms with Crippen LogP contribution in [-0.4, -0.2) is 22.6 Å². The summed E-state index contributed by atoms with van der Waals surface area (Å²) in [5, 5.41) is 13.5. The van der Waals surface area contributed by atoms with E-state index in [9.17, 15) is 18.4 Å². The van der Waals surface area contributed by atoms with Crippen molar-refractivity contribution in [2.75, 3.05) is 5.32 Å². The average Bonchev–Trinajstić information content (AvgIpc) is 2.33. The Hall–Kier alpha value is -2.18. The first-order chi connectivity index (χ1) is 8.78. The minimum atomic E-state index is -1.43. The van der Waals surface area contributed by atoms with E-state index < -0.39 is 29.2 Å². The Balaban J connectivity index is 2.75. The zero-order chi connectivity index (χ0) is 14.6. The average molecular weight is 272 g/mol. The maximum absolute atomic E-state index is 12.9. The van der Waals surface area contributed by atoms with E-state index in [1.807, 2.05) is 0 Å². The Bertz CT molecular complexity index is 508. The molecule has 0 radical (unpaired) electrons. The highest BCUT2D eigenvalue weighted by Gasteiger charge is 2.32. The minimum Gasteiger partial charge on any atom is -0.480 e. The molecule has 0 heterocycles. The van der Waals surface area contributed by atoms with Crippen LogP contribution < -0.4 is 10.6 Å². The summed E-state index contributed by atoms with van der Waals surface area (Å²) in [4.78, 5) is 22.6. The lowest BCUT2D eigenvalue weighted by atomic mass is 10.00. The van der Waals surface area contributed by atoms with E-state index >= 15 is 0 Å². The fourth-order valence-corrected chi connectivity index (χ4v) is 1.28. The van der Waals surface area contributed by atoms with Gasteiger partial charge in [-0.1, -0.05) is 6.92 Å². The second kappa shape index (κ2) is 5.64. The summed E-state index contributed by atoms with van der Waals surface area (Å²) in [6.07, 6.45) is 0.174. The van der Waals surface area contributed by atoms with Gasteiger partial charge in [0, 0.05) is 11.8 Å². The van der Waals surface area contributed by atoms with Crippen LogP contribution >= 0.6 is 0 Å². The summed E-state index contributed by atoms with van der Waals surface area (Å²) in [5.74, 6) is -3.32. The maximum Gasteiger partial charge on any atom is 0.329 e. The summed E-state index contributed by atoms with van der Waals surface area (Å²) >= 11 is 0. The normalized spacial score (nSPS) is 13.5. The Morgan fingerprint density at radius 3 is 2.42 bits per heavy atom. The van der Waals surface area contributed by atoms with Crippen LogP contribution in [0, 0.1) is 11.6 Å². The van der Waals surface area contributed by atoms with Crippen molar-refractivity contribution in [3.8, 4) is 0 Å². The Labute approximate surface area is 108 Å². The van der Waals surface area contributed by atoms with Crippen LogP contribution in [0.5, 0.6) is 0 Å². The van der Waals surface area contributed by atoms with Crippen LogP contribution in [0.25, 0.3) is 0 Å². The summed E-state index contributed by atoms with van der Waals surface area (Å²) < 4.78 is 25.6. The molecule has 104 valence electrons. The van der Waals surface area contributed by atoms with Gasteiger partial charge < -0.3 is 15.7 Å². The largest absolute Gasteiger partial charge is 0.480 e. The minimum absolute atomic E-state index is 0.0280. The molecule has 1 aromatic carbocycles. The highest BCUT2D eigenvalue weighted by atomic mass is 19.2. The molecule has 5 nitrogen and oxygen atoms in total. The molecule has 0 saturated heterocycles. The number of carboxylic acid groups (broad SMARTS) is 1. The first kappa shape index (κ1) is 14.9. The van der Waals surface area contributed by atoms with Crippen molar-refractivity contribution in [3.63, 3.8) is 0 Å². The van der Waals surface area contributed by atoms with E-state index in [1.54, 1.807) is 6.92 Å². The number of urea groups is 1. The molecule has 7 heteroatoms. The van der Waals surface area contributed by atoms with Crippen molar-refractivity contribution in [3.05, 3.63) is 29.8 Å². The predicted octanol–water partition coefficient (Wildman–Crippen LogP) is 2.34. The zero-order valence-corrected chi connectivity index (χ0v) is 10.5. The number of carbonyl (C=O) groups is 2. The number of hydrogen-bond donors (Lipinski definition) is 3. The van der Waals surface area contributed by atoms with E-state index in [2.05, 4.69) is 10.6 Å². The van der Waals surface area contributed by atoms with Crippen molar-refractivity contribution in [2.45, 2.75) is 25.8 Å². The second-order valence-corrected chi connectivity index (χ2v) is 4.20. The Morgan fingerprint density at radius 1 is 1.32 bits per heavy atom. The molecule has 0 aliphatic rings. The fraction of sp³-hybridized carbons (Fsp3) is 0.333. The number of anilines is 1. The van der Waals surface area contributed by atoms with Crippen molar-refractivity contribution in [1.82, 2.24) is 5.32 Å². The van der Waals surface area contributed by atoms with Gasteiger partial charge in [0.05, 0.1) is 0 Å². The third-order valence-corrected chi connectivity index (χ3v) is 2.75. The molecule has 1 aromatic rings. The van der Waals surface area contributed by atoms with Crippen molar-refractivity contribution >= 4 is 17.7 Å². The molecule has 3 N–H and O–H groups in total. The lowest BCUT2D eigenvalue weighted by molar-refractivity contribution is -0.143. The molecule has 0 aromatic heterocycles. The van der Waals surface area contributed by atoms with Gasteiger partial charge >= 0.3 is 12.0 Å². The number of benzene rings is 1. The van der Waals surface area contributed by atoms with Crippen molar-refractivity contribution in [1.29, 1.82) is 0 Å². The number of carbonyl (C=O) groups excluding carboxylic acids is 1.